The van der Waals surface area contributed by atoms with Gasteiger partial charge in [0.05, 0.1) is 42.6 Å². The molecule has 1 saturated heterocycles. The van der Waals surface area contributed by atoms with Crippen LogP contribution in [-0.2, 0) is 15.9 Å². The Morgan fingerprint density at radius 2 is 2.27 bits per heavy atom. The lowest BCUT2D eigenvalue weighted by molar-refractivity contribution is 0.0599. The molecule has 6 heteroatoms. The molecular formula is C16H17N3O3. The summed E-state index contributed by atoms with van der Waals surface area (Å²) in [5.41, 5.74) is 2.94. The fourth-order valence-electron chi connectivity index (χ4n) is 2.92. The second-order valence-corrected chi connectivity index (χ2v) is 5.34. The molecule has 114 valence electrons. The molecule has 3 rings (SSSR count). The van der Waals surface area contributed by atoms with Gasteiger partial charge >= 0.3 is 5.97 Å². The zero-order valence-electron chi connectivity index (χ0n) is 12.4. The average Bonchev–Trinajstić information content (AvgIpc) is 2.93. The highest BCUT2D eigenvalue weighted by Gasteiger charge is 2.21. The first-order chi connectivity index (χ1) is 10.7. The van der Waals surface area contributed by atoms with Crippen molar-refractivity contribution in [3.63, 3.8) is 0 Å². The van der Waals surface area contributed by atoms with Crippen molar-refractivity contribution in [2.45, 2.75) is 25.2 Å². The van der Waals surface area contributed by atoms with E-state index in [2.05, 4.69) is 11.2 Å². The normalized spacial score (nSPS) is 15.6. The molecular weight excluding hydrogens is 282 g/mol. The number of carbonyl (C=O) groups is 1. The van der Waals surface area contributed by atoms with Gasteiger partial charge in [-0.2, -0.15) is 10.4 Å². The molecule has 0 saturated carbocycles. The molecule has 1 aliphatic rings. The monoisotopic (exact) mass is 299 g/mol. The molecule has 22 heavy (non-hydrogen) atoms. The summed E-state index contributed by atoms with van der Waals surface area (Å²) in [5, 5.41) is 13.4. The number of nitriles is 1. The predicted molar refractivity (Wildman–Crippen MR) is 78.6 cm³/mol. The number of methoxy groups -OCH3 is 1. The van der Waals surface area contributed by atoms with Crippen LogP contribution in [-0.4, -0.2) is 35.9 Å². The lowest BCUT2D eigenvalue weighted by Gasteiger charge is -2.22. The van der Waals surface area contributed by atoms with Gasteiger partial charge in [-0.3, -0.25) is 0 Å². The third kappa shape index (κ3) is 2.55. The second kappa shape index (κ2) is 6.16. The molecule has 0 aromatic carbocycles. The zero-order valence-corrected chi connectivity index (χ0v) is 12.4. The summed E-state index contributed by atoms with van der Waals surface area (Å²) >= 11 is 0. The first-order valence-electron chi connectivity index (χ1n) is 7.28. The molecule has 1 aliphatic heterocycles. The second-order valence-electron chi connectivity index (χ2n) is 5.34. The summed E-state index contributed by atoms with van der Waals surface area (Å²) in [5.74, 6) is -0.00879. The molecule has 0 radical (unpaired) electrons. The fourth-order valence-corrected chi connectivity index (χ4v) is 2.92. The third-order valence-corrected chi connectivity index (χ3v) is 4.08. The van der Waals surface area contributed by atoms with Crippen molar-refractivity contribution in [3.05, 3.63) is 35.2 Å². The number of esters is 1. The molecule has 6 nitrogen and oxygen atoms in total. The maximum atomic E-state index is 11.9. The SMILES string of the molecule is COC(=O)c1cc2cc(C3CCOCC3)cnn2c1CC#N. The zero-order chi connectivity index (χ0) is 15.5. The first-order valence-corrected chi connectivity index (χ1v) is 7.28. The van der Waals surface area contributed by atoms with Crippen LogP contribution in [0.15, 0.2) is 18.3 Å². The van der Waals surface area contributed by atoms with E-state index in [1.54, 1.807) is 10.6 Å². The van der Waals surface area contributed by atoms with Crippen molar-refractivity contribution < 1.29 is 14.3 Å². The van der Waals surface area contributed by atoms with Crippen LogP contribution < -0.4 is 0 Å². The number of carbonyl (C=O) groups excluding carboxylic acids is 1. The van der Waals surface area contributed by atoms with E-state index in [-0.39, 0.29) is 6.42 Å². The van der Waals surface area contributed by atoms with Crippen LogP contribution in [0.25, 0.3) is 5.52 Å². The van der Waals surface area contributed by atoms with Crippen LogP contribution in [0.1, 0.15) is 40.4 Å². The Morgan fingerprint density at radius 1 is 1.50 bits per heavy atom. The first kappa shape index (κ1) is 14.5. The van der Waals surface area contributed by atoms with Crippen LogP contribution >= 0.6 is 0 Å². The minimum absolute atomic E-state index is 0.113. The minimum Gasteiger partial charge on any atom is -0.465 e. The van der Waals surface area contributed by atoms with Crippen molar-refractivity contribution >= 4 is 11.5 Å². The van der Waals surface area contributed by atoms with Gasteiger partial charge in [-0.15, -0.1) is 0 Å². The Balaban J connectivity index is 2.05. The van der Waals surface area contributed by atoms with Crippen molar-refractivity contribution in [3.8, 4) is 6.07 Å². The van der Waals surface area contributed by atoms with E-state index in [0.29, 0.717) is 17.2 Å². The standard InChI is InChI=1S/C16H17N3O3/c1-21-16(20)14-9-13-8-12(11-3-6-22-7-4-11)10-18-19(13)15(14)2-5-17/h8-11H,2-4,6-7H2,1H3. The molecule has 0 spiro atoms. The van der Waals surface area contributed by atoms with Crippen molar-refractivity contribution in [2.24, 2.45) is 0 Å². The van der Waals surface area contributed by atoms with Crippen molar-refractivity contribution in [1.29, 1.82) is 5.26 Å². The molecule has 0 N–H and O–H groups in total. The Hall–Kier alpha value is -2.39. The van der Waals surface area contributed by atoms with Gasteiger partial charge < -0.3 is 9.47 Å². The summed E-state index contributed by atoms with van der Waals surface area (Å²) in [7, 11) is 1.34. The van der Waals surface area contributed by atoms with Crippen LogP contribution in [0.5, 0.6) is 0 Å². The summed E-state index contributed by atoms with van der Waals surface area (Å²) < 4.78 is 11.8. The maximum Gasteiger partial charge on any atom is 0.339 e. The highest BCUT2D eigenvalue weighted by Crippen LogP contribution is 2.28. The minimum atomic E-state index is -0.441. The summed E-state index contributed by atoms with van der Waals surface area (Å²) in [4.78, 5) is 11.9. The van der Waals surface area contributed by atoms with Gasteiger partial charge in [0.25, 0.3) is 0 Å². The van der Waals surface area contributed by atoms with Gasteiger partial charge in [-0.1, -0.05) is 0 Å². The molecule has 2 aromatic rings. The molecule has 0 bridgehead atoms. The number of ether oxygens (including phenoxy) is 2. The Morgan fingerprint density at radius 3 is 2.95 bits per heavy atom. The molecule has 1 fully saturated rings. The van der Waals surface area contributed by atoms with E-state index < -0.39 is 5.97 Å². The van der Waals surface area contributed by atoms with Gasteiger partial charge in [-0.25, -0.2) is 9.31 Å². The number of nitrogens with zero attached hydrogens (tertiary/aromatic N) is 3. The van der Waals surface area contributed by atoms with Gasteiger partial charge in [0.15, 0.2) is 0 Å². The van der Waals surface area contributed by atoms with E-state index in [1.807, 2.05) is 12.3 Å². The van der Waals surface area contributed by atoms with Crippen molar-refractivity contribution in [1.82, 2.24) is 9.61 Å². The molecule has 0 atom stereocenters. The molecule has 0 amide bonds. The van der Waals surface area contributed by atoms with Gasteiger partial charge in [0, 0.05) is 13.2 Å². The molecule has 2 aromatic heterocycles. The maximum absolute atomic E-state index is 11.9. The van der Waals surface area contributed by atoms with Crippen LogP contribution in [0.2, 0.25) is 0 Å². The lowest BCUT2D eigenvalue weighted by atomic mass is 9.93. The van der Waals surface area contributed by atoms with E-state index in [1.165, 1.54) is 7.11 Å². The Kier molecular flexibility index (Phi) is 4.07. The van der Waals surface area contributed by atoms with Gasteiger partial charge in [0.2, 0.25) is 0 Å². The average molecular weight is 299 g/mol. The lowest BCUT2D eigenvalue weighted by Crippen LogP contribution is -2.14. The number of hydrogen-bond donors (Lipinski definition) is 0. The number of rotatable bonds is 3. The molecule has 0 unspecified atom stereocenters. The Bertz CT molecular complexity index is 739. The predicted octanol–water partition coefficient (Wildman–Crippen LogP) is 2.08. The van der Waals surface area contributed by atoms with E-state index in [4.69, 9.17) is 14.7 Å². The molecule has 3 heterocycles. The number of aromatic nitrogens is 2. The molecule has 0 aliphatic carbocycles. The summed E-state index contributed by atoms with van der Waals surface area (Å²) in [6.07, 6.45) is 3.90. The van der Waals surface area contributed by atoms with Gasteiger partial charge in [-0.05, 0) is 36.5 Å². The van der Waals surface area contributed by atoms with E-state index >= 15 is 0 Å². The quantitative estimate of drug-likeness (QED) is 0.811. The fraction of sp³-hybridized carbons (Fsp3) is 0.438. The van der Waals surface area contributed by atoms with Crippen LogP contribution in [0.3, 0.4) is 0 Å². The Labute approximate surface area is 128 Å². The summed E-state index contributed by atoms with van der Waals surface area (Å²) in [6.45, 7) is 1.54. The van der Waals surface area contributed by atoms with E-state index in [0.717, 1.165) is 37.1 Å². The van der Waals surface area contributed by atoms with Gasteiger partial charge in [0.1, 0.15) is 0 Å². The third-order valence-electron chi connectivity index (χ3n) is 4.08. The highest BCUT2D eigenvalue weighted by atomic mass is 16.5. The number of hydrogen-bond acceptors (Lipinski definition) is 5. The summed E-state index contributed by atoms with van der Waals surface area (Å²) in [6, 6.07) is 5.86. The van der Waals surface area contributed by atoms with Crippen molar-refractivity contribution in [2.75, 3.05) is 20.3 Å². The highest BCUT2D eigenvalue weighted by molar-refractivity contribution is 5.93. The smallest absolute Gasteiger partial charge is 0.339 e. The largest absolute Gasteiger partial charge is 0.465 e. The number of fused-ring (bicyclic) bond motifs is 1. The van der Waals surface area contributed by atoms with Crippen LogP contribution in [0, 0.1) is 11.3 Å². The van der Waals surface area contributed by atoms with E-state index in [9.17, 15) is 4.79 Å². The van der Waals surface area contributed by atoms with Crippen LogP contribution in [0.4, 0.5) is 0 Å². The topological polar surface area (TPSA) is 76.6 Å².